The Balaban J connectivity index is 1.51. The highest BCUT2D eigenvalue weighted by Gasteiger charge is 2.22. The molecule has 1 aliphatic heterocycles. The third-order valence-electron chi connectivity index (χ3n) is 4.27. The van der Waals surface area contributed by atoms with Crippen LogP contribution in [0.2, 0.25) is 15.2 Å². The smallest absolute Gasteiger partial charge is 0.271 e. The second kappa shape index (κ2) is 8.37. The summed E-state index contributed by atoms with van der Waals surface area (Å²) in [5.74, 6) is -0.274. The van der Waals surface area contributed by atoms with E-state index in [2.05, 4.69) is 15.2 Å². The number of carbonyl (C=O) groups excluding carboxylic acids is 1. The molecule has 1 aliphatic rings. The number of benzene rings is 1. The summed E-state index contributed by atoms with van der Waals surface area (Å²) >= 11 is 17.8. The monoisotopic (exact) mass is 397 g/mol. The maximum absolute atomic E-state index is 12.3. The van der Waals surface area contributed by atoms with Crippen LogP contribution in [0.4, 0.5) is 0 Å². The van der Waals surface area contributed by atoms with Gasteiger partial charge in [0, 0.05) is 30.7 Å². The first kappa shape index (κ1) is 18.5. The lowest BCUT2D eigenvalue weighted by Gasteiger charge is -2.32. The number of amides is 1. The van der Waals surface area contributed by atoms with Gasteiger partial charge in [0.2, 0.25) is 0 Å². The van der Waals surface area contributed by atoms with Gasteiger partial charge in [-0.25, -0.2) is 4.98 Å². The topological polar surface area (TPSA) is 45.2 Å². The van der Waals surface area contributed by atoms with E-state index in [-0.39, 0.29) is 22.8 Å². The Morgan fingerprint density at radius 2 is 1.76 bits per heavy atom. The van der Waals surface area contributed by atoms with E-state index in [1.54, 1.807) is 12.1 Å². The van der Waals surface area contributed by atoms with E-state index in [9.17, 15) is 4.79 Å². The van der Waals surface area contributed by atoms with Crippen LogP contribution in [0, 0.1) is 0 Å². The lowest BCUT2D eigenvalue weighted by atomic mass is 10.0. The zero-order valence-corrected chi connectivity index (χ0v) is 15.8. The number of piperidine rings is 1. The van der Waals surface area contributed by atoms with Gasteiger partial charge >= 0.3 is 0 Å². The molecule has 25 heavy (non-hydrogen) atoms. The van der Waals surface area contributed by atoms with Crippen molar-refractivity contribution >= 4 is 40.7 Å². The first-order valence-electron chi connectivity index (χ1n) is 8.11. The fourth-order valence-electron chi connectivity index (χ4n) is 2.91. The minimum atomic E-state index is -0.274. The molecule has 1 aromatic carbocycles. The molecule has 2 heterocycles. The number of carbonyl (C=O) groups is 1. The Bertz CT molecular complexity index is 744. The summed E-state index contributed by atoms with van der Waals surface area (Å²) in [7, 11) is 0. The molecule has 0 spiro atoms. The van der Waals surface area contributed by atoms with Crippen molar-refractivity contribution in [1.29, 1.82) is 0 Å². The van der Waals surface area contributed by atoms with Crippen molar-refractivity contribution in [2.24, 2.45) is 0 Å². The molecule has 1 aromatic heterocycles. The number of nitrogens with one attached hydrogen (secondary N) is 1. The molecule has 3 rings (SSSR count). The van der Waals surface area contributed by atoms with E-state index < -0.39 is 0 Å². The summed E-state index contributed by atoms with van der Waals surface area (Å²) in [6.07, 6.45) is 1.77. The van der Waals surface area contributed by atoms with E-state index in [4.69, 9.17) is 34.8 Å². The van der Waals surface area contributed by atoms with Gasteiger partial charge in [-0.3, -0.25) is 9.69 Å². The number of rotatable bonds is 4. The highest BCUT2D eigenvalue weighted by atomic mass is 35.5. The van der Waals surface area contributed by atoms with E-state index in [0.717, 1.165) is 37.5 Å². The second-order valence-electron chi connectivity index (χ2n) is 6.11. The lowest BCUT2D eigenvalue weighted by molar-refractivity contribution is 0.0904. The highest BCUT2D eigenvalue weighted by Crippen LogP contribution is 2.19. The molecular formula is C18H18Cl3N3O. The predicted molar refractivity (Wildman–Crippen MR) is 101 cm³/mol. The Morgan fingerprint density at radius 3 is 2.44 bits per heavy atom. The Kier molecular flexibility index (Phi) is 6.18. The highest BCUT2D eigenvalue weighted by molar-refractivity contribution is 6.34. The minimum absolute atomic E-state index is 0.116. The molecule has 132 valence electrons. The zero-order chi connectivity index (χ0) is 17.8. The van der Waals surface area contributed by atoms with Gasteiger partial charge in [-0.1, -0.05) is 46.9 Å². The Hall–Kier alpha value is -1.33. The van der Waals surface area contributed by atoms with Crippen LogP contribution in [-0.2, 0) is 6.54 Å². The van der Waals surface area contributed by atoms with Gasteiger partial charge in [0.1, 0.15) is 10.8 Å². The molecule has 0 saturated carbocycles. The van der Waals surface area contributed by atoms with Gasteiger partial charge in [-0.2, -0.15) is 0 Å². The number of hydrogen-bond donors (Lipinski definition) is 1. The van der Waals surface area contributed by atoms with Crippen molar-refractivity contribution in [2.75, 3.05) is 13.1 Å². The van der Waals surface area contributed by atoms with Crippen molar-refractivity contribution in [2.45, 2.75) is 25.4 Å². The lowest BCUT2D eigenvalue weighted by Crippen LogP contribution is -2.44. The maximum Gasteiger partial charge on any atom is 0.271 e. The van der Waals surface area contributed by atoms with Crippen LogP contribution >= 0.6 is 34.8 Å². The largest absolute Gasteiger partial charge is 0.348 e. The summed E-state index contributed by atoms with van der Waals surface area (Å²) in [5, 5.41) is 4.32. The predicted octanol–water partition coefficient (Wildman–Crippen LogP) is 4.44. The molecule has 1 amide bonds. The van der Waals surface area contributed by atoms with Crippen molar-refractivity contribution in [1.82, 2.24) is 15.2 Å². The fraction of sp³-hybridized carbons (Fsp3) is 0.333. The molecule has 0 unspecified atom stereocenters. The van der Waals surface area contributed by atoms with E-state index in [1.165, 1.54) is 5.56 Å². The quantitative estimate of drug-likeness (QED) is 0.775. The zero-order valence-electron chi connectivity index (χ0n) is 13.5. The number of nitrogens with zero attached hydrogens (tertiary/aromatic N) is 2. The average Bonchev–Trinajstić information content (AvgIpc) is 2.60. The van der Waals surface area contributed by atoms with Gasteiger partial charge in [0.15, 0.2) is 0 Å². The third kappa shape index (κ3) is 5.08. The number of pyridine rings is 1. The van der Waals surface area contributed by atoms with Gasteiger partial charge in [-0.15, -0.1) is 0 Å². The Morgan fingerprint density at radius 1 is 1.08 bits per heavy atom. The van der Waals surface area contributed by atoms with Crippen LogP contribution in [0.15, 0.2) is 36.4 Å². The van der Waals surface area contributed by atoms with Crippen molar-refractivity contribution in [3.63, 3.8) is 0 Å². The summed E-state index contributed by atoms with van der Waals surface area (Å²) in [6.45, 7) is 2.73. The van der Waals surface area contributed by atoms with Crippen LogP contribution in [0.3, 0.4) is 0 Å². The van der Waals surface area contributed by atoms with Crippen LogP contribution in [0.5, 0.6) is 0 Å². The summed E-state index contributed by atoms with van der Waals surface area (Å²) in [4.78, 5) is 18.7. The molecule has 0 bridgehead atoms. The summed E-state index contributed by atoms with van der Waals surface area (Å²) in [5.41, 5.74) is 1.42. The van der Waals surface area contributed by atoms with E-state index >= 15 is 0 Å². The first-order valence-corrected chi connectivity index (χ1v) is 9.24. The average molecular weight is 399 g/mol. The standard InChI is InChI=1S/C18H18Cl3N3O/c19-13-3-1-12(2-4-13)11-24-9-7-14(8-10-24)22-18(25)17-15(20)5-6-16(21)23-17/h1-6,14H,7-11H2,(H,22,25). The van der Waals surface area contributed by atoms with Crippen molar-refractivity contribution in [3.8, 4) is 0 Å². The molecule has 0 aliphatic carbocycles. The molecule has 0 radical (unpaired) electrons. The SMILES string of the molecule is O=C(NC1CCN(Cc2ccc(Cl)cc2)CC1)c1nc(Cl)ccc1Cl. The van der Waals surface area contributed by atoms with Gasteiger partial charge in [-0.05, 0) is 42.7 Å². The third-order valence-corrected chi connectivity index (χ3v) is 5.04. The second-order valence-corrected chi connectivity index (χ2v) is 7.35. The number of halogens is 3. The molecule has 1 saturated heterocycles. The molecule has 2 aromatic rings. The maximum atomic E-state index is 12.3. The molecule has 0 atom stereocenters. The van der Waals surface area contributed by atoms with Gasteiger partial charge < -0.3 is 5.32 Å². The normalized spacial score (nSPS) is 16.0. The summed E-state index contributed by atoms with van der Waals surface area (Å²) in [6, 6.07) is 11.2. The molecule has 4 nitrogen and oxygen atoms in total. The molecule has 1 N–H and O–H groups in total. The fourth-order valence-corrected chi connectivity index (χ4v) is 3.38. The van der Waals surface area contributed by atoms with Crippen LogP contribution in [0.1, 0.15) is 28.9 Å². The number of aromatic nitrogens is 1. The molecule has 7 heteroatoms. The molecular weight excluding hydrogens is 381 g/mol. The van der Waals surface area contributed by atoms with Gasteiger partial charge in [0.25, 0.3) is 5.91 Å². The van der Waals surface area contributed by atoms with Crippen molar-refractivity contribution in [3.05, 3.63) is 62.9 Å². The molecule has 1 fully saturated rings. The summed E-state index contributed by atoms with van der Waals surface area (Å²) < 4.78 is 0. The van der Waals surface area contributed by atoms with Gasteiger partial charge in [0.05, 0.1) is 5.02 Å². The van der Waals surface area contributed by atoms with Crippen LogP contribution in [-0.4, -0.2) is 34.9 Å². The van der Waals surface area contributed by atoms with Crippen LogP contribution < -0.4 is 5.32 Å². The number of likely N-dealkylation sites (tertiary alicyclic amines) is 1. The van der Waals surface area contributed by atoms with E-state index in [1.807, 2.05) is 24.3 Å². The van der Waals surface area contributed by atoms with Crippen LogP contribution in [0.25, 0.3) is 0 Å². The first-order chi connectivity index (χ1) is 12.0. The minimum Gasteiger partial charge on any atom is -0.348 e. The van der Waals surface area contributed by atoms with Crippen molar-refractivity contribution < 1.29 is 4.79 Å². The van der Waals surface area contributed by atoms with E-state index in [0.29, 0.717) is 5.02 Å². The number of hydrogen-bond acceptors (Lipinski definition) is 3. The Labute approximate surface area is 162 Å².